The summed E-state index contributed by atoms with van der Waals surface area (Å²) in [6.07, 6.45) is 0. The minimum atomic E-state index is -0.254. The molecule has 0 saturated heterocycles. The standard InChI is InChI=1S/C17H18FNO2/c1-11-4-7-17(16(8-11)13(3)19-20)21-10-14-5-6-15(18)9-12(14)2/h4-9,20H,10H2,1-3H3/b19-13-. The van der Waals surface area contributed by atoms with Crippen LogP contribution in [0.25, 0.3) is 0 Å². The van der Waals surface area contributed by atoms with E-state index in [-0.39, 0.29) is 5.82 Å². The van der Waals surface area contributed by atoms with E-state index in [2.05, 4.69) is 5.16 Å². The maximum absolute atomic E-state index is 13.1. The fourth-order valence-electron chi connectivity index (χ4n) is 2.08. The highest BCUT2D eigenvalue weighted by molar-refractivity contribution is 6.00. The second kappa shape index (κ2) is 6.39. The number of aryl methyl sites for hydroxylation is 2. The van der Waals surface area contributed by atoms with Crippen molar-refractivity contribution in [3.8, 4) is 5.75 Å². The van der Waals surface area contributed by atoms with Crippen LogP contribution in [0.3, 0.4) is 0 Å². The third kappa shape index (κ3) is 3.60. The van der Waals surface area contributed by atoms with Crippen molar-refractivity contribution >= 4 is 5.71 Å². The van der Waals surface area contributed by atoms with Crippen LogP contribution >= 0.6 is 0 Å². The highest BCUT2D eigenvalue weighted by atomic mass is 19.1. The molecule has 0 spiro atoms. The lowest BCUT2D eigenvalue weighted by Gasteiger charge is -2.13. The van der Waals surface area contributed by atoms with Crippen LogP contribution in [0, 0.1) is 19.7 Å². The topological polar surface area (TPSA) is 41.8 Å². The number of oxime groups is 1. The molecule has 1 N–H and O–H groups in total. The normalized spacial score (nSPS) is 11.5. The Kier molecular flexibility index (Phi) is 4.58. The summed E-state index contributed by atoms with van der Waals surface area (Å²) in [5, 5.41) is 12.2. The number of benzene rings is 2. The highest BCUT2D eigenvalue weighted by Gasteiger charge is 2.09. The van der Waals surface area contributed by atoms with Gasteiger partial charge in [-0.15, -0.1) is 0 Å². The molecule has 0 saturated carbocycles. The number of ether oxygens (including phenoxy) is 1. The molecule has 2 aromatic carbocycles. The summed E-state index contributed by atoms with van der Waals surface area (Å²) in [4.78, 5) is 0. The third-order valence-electron chi connectivity index (χ3n) is 3.36. The molecule has 21 heavy (non-hydrogen) atoms. The highest BCUT2D eigenvalue weighted by Crippen LogP contribution is 2.23. The van der Waals surface area contributed by atoms with Gasteiger partial charge in [-0.25, -0.2) is 4.39 Å². The first-order valence-electron chi connectivity index (χ1n) is 6.69. The van der Waals surface area contributed by atoms with E-state index in [1.807, 2.05) is 32.0 Å². The molecule has 2 aromatic rings. The molecule has 0 unspecified atom stereocenters. The van der Waals surface area contributed by atoms with Crippen molar-refractivity contribution in [3.63, 3.8) is 0 Å². The van der Waals surface area contributed by atoms with Gasteiger partial charge in [-0.05, 0) is 56.2 Å². The van der Waals surface area contributed by atoms with E-state index in [9.17, 15) is 4.39 Å². The summed E-state index contributed by atoms with van der Waals surface area (Å²) in [5.41, 5.74) is 4.05. The number of nitrogens with zero attached hydrogens (tertiary/aromatic N) is 1. The molecule has 0 aromatic heterocycles. The molecule has 0 aliphatic rings. The maximum Gasteiger partial charge on any atom is 0.128 e. The Balaban J connectivity index is 2.24. The molecule has 4 heteroatoms. The van der Waals surface area contributed by atoms with Gasteiger partial charge in [0.25, 0.3) is 0 Å². The average molecular weight is 287 g/mol. The first-order chi connectivity index (χ1) is 10.0. The van der Waals surface area contributed by atoms with Crippen LogP contribution in [0.1, 0.15) is 29.2 Å². The smallest absolute Gasteiger partial charge is 0.128 e. The fourth-order valence-corrected chi connectivity index (χ4v) is 2.08. The van der Waals surface area contributed by atoms with Crippen LogP contribution < -0.4 is 4.74 Å². The lowest BCUT2D eigenvalue weighted by molar-refractivity contribution is 0.302. The van der Waals surface area contributed by atoms with E-state index in [4.69, 9.17) is 9.94 Å². The van der Waals surface area contributed by atoms with Crippen LogP contribution in [0.2, 0.25) is 0 Å². The molecule has 3 nitrogen and oxygen atoms in total. The quantitative estimate of drug-likeness (QED) is 0.519. The maximum atomic E-state index is 13.1. The minimum absolute atomic E-state index is 0.254. The van der Waals surface area contributed by atoms with Crippen molar-refractivity contribution < 1.29 is 14.3 Å². The molecule has 2 rings (SSSR count). The van der Waals surface area contributed by atoms with E-state index in [0.29, 0.717) is 18.1 Å². The van der Waals surface area contributed by atoms with Gasteiger partial charge in [0.15, 0.2) is 0 Å². The number of hydrogen-bond acceptors (Lipinski definition) is 3. The summed E-state index contributed by atoms with van der Waals surface area (Å²) < 4.78 is 18.9. The van der Waals surface area contributed by atoms with E-state index in [0.717, 1.165) is 22.3 Å². The molecule has 0 aliphatic carbocycles. The van der Waals surface area contributed by atoms with E-state index >= 15 is 0 Å². The monoisotopic (exact) mass is 287 g/mol. The van der Waals surface area contributed by atoms with Crippen molar-refractivity contribution in [2.24, 2.45) is 5.16 Å². The van der Waals surface area contributed by atoms with Crippen LogP contribution in [0.4, 0.5) is 4.39 Å². The largest absolute Gasteiger partial charge is 0.488 e. The van der Waals surface area contributed by atoms with E-state index in [1.165, 1.54) is 12.1 Å². The Bertz CT molecular complexity index is 680. The Hall–Kier alpha value is -2.36. The Morgan fingerprint density at radius 1 is 1.19 bits per heavy atom. The van der Waals surface area contributed by atoms with Gasteiger partial charge in [0.05, 0.1) is 5.71 Å². The minimum Gasteiger partial charge on any atom is -0.488 e. The Morgan fingerprint density at radius 3 is 2.62 bits per heavy atom. The van der Waals surface area contributed by atoms with Gasteiger partial charge in [-0.3, -0.25) is 0 Å². The van der Waals surface area contributed by atoms with Crippen molar-refractivity contribution in [2.75, 3.05) is 0 Å². The second-order valence-corrected chi connectivity index (χ2v) is 5.04. The van der Waals surface area contributed by atoms with Crippen LogP contribution in [0.5, 0.6) is 5.75 Å². The lowest BCUT2D eigenvalue weighted by Crippen LogP contribution is -2.04. The number of halogens is 1. The molecule has 0 amide bonds. The molecule has 0 heterocycles. The molecule has 0 atom stereocenters. The first kappa shape index (κ1) is 15.0. The number of hydrogen-bond donors (Lipinski definition) is 1. The van der Waals surface area contributed by atoms with Gasteiger partial charge in [0.2, 0.25) is 0 Å². The van der Waals surface area contributed by atoms with Crippen LogP contribution in [-0.4, -0.2) is 10.9 Å². The van der Waals surface area contributed by atoms with Gasteiger partial charge in [-0.1, -0.05) is 22.9 Å². The zero-order chi connectivity index (χ0) is 15.4. The zero-order valence-corrected chi connectivity index (χ0v) is 12.4. The first-order valence-corrected chi connectivity index (χ1v) is 6.69. The zero-order valence-electron chi connectivity index (χ0n) is 12.4. The average Bonchev–Trinajstić information content (AvgIpc) is 2.46. The van der Waals surface area contributed by atoms with Gasteiger partial charge in [0, 0.05) is 5.56 Å². The third-order valence-corrected chi connectivity index (χ3v) is 3.36. The van der Waals surface area contributed by atoms with E-state index in [1.54, 1.807) is 13.0 Å². The number of rotatable bonds is 4. The van der Waals surface area contributed by atoms with Crippen molar-refractivity contribution in [1.82, 2.24) is 0 Å². The molecule has 0 bridgehead atoms. The fraction of sp³-hybridized carbons (Fsp3) is 0.235. The van der Waals surface area contributed by atoms with Crippen molar-refractivity contribution in [1.29, 1.82) is 0 Å². The summed E-state index contributed by atoms with van der Waals surface area (Å²) in [6, 6.07) is 10.3. The SMILES string of the molecule is C/C(=N/O)c1cc(C)ccc1OCc1ccc(F)cc1C. The second-order valence-electron chi connectivity index (χ2n) is 5.04. The molecule has 0 radical (unpaired) electrons. The van der Waals surface area contributed by atoms with E-state index < -0.39 is 0 Å². The lowest BCUT2D eigenvalue weighted by atomic mass is 10.1. The van der Waals surface area contributed by atoms with Gasteiger partial charge in [0.1, 0.15) is 18.2 Å². The van der Waals surface area contributed by atoms with Gasteiger partial charge in [-0.2, -0.15) is 0 Å². The molecule has 0 aliphatic heterocycles. The van der Waals surface area contributed by atoms with Gasteiger partial charge < -0.3 is 9.94 Å². The van der Waals surface area contributed by atoms with Crippen molar-refractivity contribution in [3.05, 3.63) is 64.5 Å². The summed E-state index contributed by atoms with van der Waals surface area (Å²) in [6.45, 7) is 5.85. The predicted molar refractivity (Wildman–Crippen MR) is 80.6 cm³/mol. The molecule has 110 valence electrons. The predicted octanol–water partition coefficient (Wildman–Crippen LogP) is 4.22. The molecular weight excluding hydrogens is 269 g/mol. The van der Waals surface area contributed by atoms with Crippen molar-refractivity contribution in [2.45, 2.75) is 27.4 Å². The molecular formula is C17H18FNO2. The Labute approximate surface area is 123 Å². The summed E-state index contributed by atoms with van der Waals surface area (Å²) in [7, 11) is 0. The summed E-state index contributed by atoms with van der Waals surface area (Å²) >= 11 is 0. The van der Waals surface area contributed by atoms with Gasteiger partial charge >= 0.3 is 0 Å². The molecule has 0 fully saturated rings. The van der Waals surface area contributed by atoms with Crippen LogP contribution in [0.15, 0.2) is 41.6 Å². The Morgan fingerprint density at radius 2 is 1.95 bits per heavy atom. The van der Waals surface area contributed by atoms with Crippen LogP contribution in [-0.2, 0) is 6.61 Å². The summed E-state index contributed by atoms with van der Waals surface area (Å²) in [5.74, 6) is 0.384.